The van der Waals surface area contributed by atoms with E-state index in [1.165, 1.54) is 0 Å². The van der Waals surface area contributed by atoms with Crippen LogP contribution < -0.4 is 5.73 Å². The summed E-state index contributed by atoms with van der Waals surface area (Å²) in [5.41, 5.74) is 6.52. The van der Waals surface area contributed by atoms with Crippen molar-refractivity contribution >= 4 is 5.97 Å². The van der Waals surface area contributed by atoms with E-state index in [0.717, 1.165) is 12.0 Å². The molecule has 3 atom stereocenters. The summed E-state index contributed by atoms with van der Waals surface area (Å²) >= 11 is 0. The van der Waals surface area contributed by atoms with Crippen LogP contribution in [0.2, 0.25) is 0 Å². The lowest BCUT2D eigenvalue weighted by atomic mass is 10.1. The van der Waals surface area contributed by atoms with Crippen molar-refractivity contribution < 1.29 is 9.53 Å². The molecule has 0 saturated heterocycles. The third-order valence-electron chi connectivity index (χ3n) is 3.09. The molecule has 2 rings (SSSR count). The van der Waals surface area contributed by atoms with Gasteiger partial charge in [-0.05, 0) is 31.4 Å². The highest BCUT2D eigenvalue weighted by atomic mass is 16.5. The number of carbonyl (C=O) groups is 1. The average molecular weight is 219 g/mol. The van der Waals surface area contributed by atoms with Gasteiger partial charge in [-0.25, -0.2) is 0 Å². The Hall–Kier alpha value is -1.35. The van der Waals surface area contributed by atoms with Gasteiger partial charge in [-0.3, -0.25) is 4.79 Å². The van der Waals surface area contributed by atoms with Crippen LogP contribution in [0.1, 0.15) is 25.0 Å². The quantitative estimate of drug-likeness (QED) is 0.787. The molecule has 1 aliphatic rings. The van der Waals surface area contributed by atoms with E-state index in [9.17, 15) is 4.79 Å². The minimum atomic E-state index is -0.173. The molecule has 1 aromatic rings. The van der Waals surface area contributed by atoms with Crippen molar-refractivity contribution in [1.82, 2.24) is 0 Å². The zero-order chi connectivity index (χ0) is 11.5. The fourth-order valence-electron chi connectivity index (χ4n) is 1.85. The summed E-state index contributed by atoms with van der Waals surface area (Å²) in [6.45, 7) is 2.48. The highest BCUT2D eigenvalue weighted by Gasteiger charge is 2.43. The molecule has 0 heterocycles. The lowest BCUT2D eigenvalue weighted by Gasteiger charge is -2.13. The summed E-state index contributed by atoms with van der Waals surface area (Å²) < 4.78 is 5.40. The molecule has 0 aromatic heterocycles. The van der Waals surface area contributed by atoms with Crippen molar-refractivity contribution in [3.05, 3.63) is 35.9 Å². The molecule has 1 aliphatic carbocycles. The van der Waals surface area contributed by atoms with E-state index >= 15 is 0 Å². The first-order valence-electron chi connectivity index (χ1n) is 5.68. The molecule has 16 heavy (non-hydrogen) atoms. The van der Waals surface area contributed by atoms with Crippen molar-refractivity contribution in [2.24, 2.45) is 17.6 Å². The van der Waals surface area contributed by atoms with Crippen LogP contribution in [0.3, 0.4) is 0 Å². The van der Waals surface area contributed by atoms with Gasteiger partial charge < -0.3 is 10.5 Å². The van der Waals surface area contributed by atoms with Crippen LogP contribution in [0.5, 0.6) is 0 Å². The molecule has 3 unspecified atom stereocenters. The van der Waals surface area contributed by atoms with E-state index in [2.05, 4.69) is 0 Å². The standard InChI is InChI=1S/C13H17NO2/c1-9(10-5-3-2-4-6-10)16-13(15)12-7-11(12)8-14/h2-6,9,11-12H,7-8,14H2,1H3. The molecule has 2 N–H and O–H groups in total. The Morgan fingerprint density at radius 2 is 2.19 bits per heavy atom. The Kier molecular flexibility index (Phi) is 3.25. The average Bonchev–Trinajstić information content (AvgIpc) is 3.09. The van der Waals surface area contributed by atoms with E-state index in [4.69, 9.17) is 10.5 Å². The van der Waals surface area contributed by atoms with E-state index < -0.39 is 0 Å². The largest absolute Gasteiger partial charge is 0.458 e. The SMILES string of the molecule is CC(OC(=O)C1CC1CN)c1ccccc1. The summed E-state index contributed by atoms with van der Waals surface area (Å²) in [7, 11) is 0. The molecule has 0 bridgehead atoms. The number of nitrogens with two attached hydrogens (primary N) is 1. The van der Waals surface area contributed by atoms with Gasteiger partial charge in [0.25, 0.3) is 0 Å². The van der Waals surface area contributed by atoms with Gasteiger partial charge in [0.15, 0.2) is 0 Å². The Morgan fingerprint density at radius 3 is 2.75 bits per heavy atom. The smallest absolute Gasteiger partial charge is 0.309 e. The molecule has 0 spiro atoms. The number of benzene rings is 1. The van der Waals surface area contributed by atoms with Crippen LogP contribution >= 0.6 is 0 Å². The highest BCUT2D eigenvalue weighted by molar-refractivity contribution is 5.76. The summed E-state index contributed by atoms with van der Waals surface area (Å²) in [5.74, 6) is 0.276. The van der Waals surface area contributed by atoms with Gasteiger partial charge >= 0.3 is 5.97 Å². The second-order valence-corrected chi connectivity index (χ2v) is 4.33. The Labute approximate surface area is 95.6 Å². The maximum absolute atomic E-state index is 11.7. The van der Waals surface area contributed by atoms with Crippen LogP contribution in [0.15, 0.2) is 30.3 Å². The topological polar surface area (TPSA) is 52.3 Å². The number of hydrogen-bond donors (Lipinski definition) is 1. The molecule has 0 amide bonds. The van der Waals surface area contributed by atoms with Crippen LogP contribution in [0.25, 0.3) is 0 Å². The predicted molar refractivity (Wildman–Crippen MR) is 61.6 cm³/mol. The molecular weight excluding hydrogens is 202 g/mol. The summed E-state index contributed by atoms with van der Waals surface area (Å²) in [6, 6.07) is 9.76. The monoisotopic (exact) mass is 219 g/mol. The fraction of sp³-hybridized carbons (Fsp3) is 0.462. The molecular formula is C13H17NO2. The number of ether oxygens (including phenoxy) is 1. The Morgan fingerprint density at radius 1 is 1.50 bits per heavy atom. The first-order chi connectivity index (χ1) is 7.72. The Bertz CT molecular complexity index is 363. The minimum Gasteiger partial charge on any atom is -0.458 e. The van der Waals surface area contributed by atoms with Gasteiger partial charge in [0.05, 0.1) is 5.92 Å². The van der Waals surface area contributed by atoms with Gasteiger partial charge in [-0.1, -0.05) is 30.3 Å². The van der Waals surface area contributed by atoms with Gasteiger partial charge in [0.2, 0.25) is 0 Å². The number of rotatable bonds is 4. The van der Waals surface area contributed by atoms with Gasteiger partial charge in [0, 0.05) is 0 Å². The molecule has 1 aromatic carbocycles. The van der Waals surface area contributed by atoms with Crippen molar-refractivity contribution in [3.63, 3.8) is 0 Å². The third-order valence-corrected chi connectivity index (χ3v) is 3.09. The third kappa shape index (κ3) is 2.42. The zero-order valence-corrected chi connectivity index (χ0v) is 9.43. The normalized spacial score (nSPS) is 24.9. The van der Waals surface area contributed by atoms with E-state index in [1.54, 1.807) is 0 Å². The minimum absolute atomic E-state index is 0.0381. The molecule has 1 saturated carbocycles. The van der Waals surface area contributed by atoms with Crippen molar-refractivity contribution in [2.45, 2.75) is 19.4 Å². The fourth-order valence-corrected chi connectivity index (χ4v) is 1.85. The summed E-state index contributed by atoms with van der Waals surface area (Å²) in [5, 5.41) is 0. The van der Waals surface area contributed by atoms with Crippen molar-refractivity contribution in [2.75, 3.05) is 6.54 Å². The van der Waals surface area contributed by atoms with Gasteiger partial charge in [-0.2, -0.15) is 0 Å². The van der Waals surface area contributed by atoms with Crippen molar-refractivity contribution in [3.8, 4) is 0 Å². The summed E-state index contributed by atoms with van der Waals surface area (Å²) in [4.78, 5) is 11.7. The lowest BCUT2D eigenvalue weighted by Crippen LogP contribution is -2.14. The number of hydrogen-bond acceptors (Lipinski definition) is 3. The molecule has 3 nitrogen and oxygen atoms in total. The van der Waals surface area contributed by atoms with E-state index in [1.807, 2.05) is 37.3 Å². The molecule has 0 radical (unpaired) electrons. The first-order valence-corrected chi connectivity index (χ1v) is 5.68. The highest BCUT2D eigenvalue weighted by Crippen LogP contribution is 2.39. The zero-order valence-electron chi connectivity index (χ0n) is 9.43. The number of esters is 1. The second kappa shape index (κ2) is 4.66. The first kappa shape index (κ1) is 11.1. The van der Waals surface area contributed by atoms with Crippen LogP contribution in [-0.4, -0.2) is 12.5 Å². The van der Waals surface area contributed by atoms with Crippen LogP contribution in [0.4, 0.5) is 0 Å². The molecule has 86 valence electrons. The molecule has 3 heteroatoms. The van der Waals surface area contributed by atoms with Crippen LogP contribution in [0, 0.1) is 11.8 Å². The van der Waals surface area contributed by atoms with E-state index in [0.29, 0.717) is 12.5 Å². The van der Waals surface area contributed by atoms with Gasteiger partial charge in [-0.15, -0.1) is 0 Å². The van der Waals surface area contributed by atoms with Crippen molar-refractivity contribution in [1.29, 1.82) is 0 Å². The van der Waals surface area contributed by atoms with E-state index in [-0.39, 0.29) is 18.0 Å². The lowest BCUT2D eigenvalue weighted by molar-refractivity contribution is -0.150. The molecule has 1 fully saturated rings. The summed E-state index contributed by atoms with van der Waals surface area (Å²) in [6.07, 6.45) is 0.712. The maximum atomic E-state index is 11.7. The number of carbonyl (C=O) groups excluding carboxylic acids is 1. The predicted octanol–water partition coefficient (Wildman–Crippen LogP) is 1.89. The van der Waals surface area contributed by atoms with Gasteiger partial charge in [0.1, 0.15) is 6.10 Å². The molecule has 0 aliphatic heterocycles. The second-order valence-electron chi connectivity index (χ2n) is 4.33. The Balaban J connectivity index is 1.88. The van der Waals surface area contributed by atoms with Crippen LogP contribution in [-0.2, 0) is 9.53 Å². The maximum Gasteiger partial charge on any atom is 0.309 e.